The molecular weight excluding hydrogens is 382 g/mol. The summed E-state index contributed by atoms with van der Waals surface area (Å²) in [5.74, 6) is -0.0837. The van der Waals surface area contributed by atoms with Crippen LogP contribution in [0.4, 0.5) is 4.79 Å². The Balaban J connectivity index is 1.84. The Morgan fingerprint density at radius 3 is 2.75 bits per heavy atom. The van der Waals surface area contributed by atoms with E-state index in [-0.39, 0.29) is 0 Å². The van der Waals surface area contributed by atoms with Crippen molar-refractivity contribution in [3.05, 3.63) is 47.3 Å². The van der Waals surface area contributed by atoms with Crippen molar-refractivity contribution < 1.29 is 23.6 Å². The van der Waals surface area contributed by atoms with E-state index in [1.165, 1.54) is 11.8 Å². The average molecular weight is 405 g/mol. The molecule has 0 fully saturated rings. The van der Waals surface area contributed by atoms with Crippen LogP contribution in [0.15, 0.2) is 39.8 Å². The molecule has 2 N–H and O–H groups in total. The Morgan fingerprint density at radius 2 is 2.04 bits per heavy atom. The highest BCUT2D eigenvalue weighted by Crippen LogP contribution is 2.26. The first-order valence-corrected chi connectivity index (χ1v) is 9.87. The molecule has 0 saturated heterocycles. The van der Waals surface area contributed by atoms with Crippen molar-refractivity contribution >= 4 is 29.7 Å². The van der Waals surface area contributed by atoms with E-state index in [9.17, 15) is 14.4 Å². The van der Waals surface area contributed by atoms with Crippen molar-refractivity contribution in [1.29, 1.82) is 0 Å². The van der Waals surface area contributed by atoms with Gasteiger partial charge in [-0.15, -0.1) is 11.8 Å². The lowest BCUT2D eigenvalue weighted by Crippen LogP contribution is -2.41. The van der Waals surface area contributed by atoms with Gasteiger partial charge in [-0.05, 0) is 25.5 Å². The molecule has 28 heavy (non-hydrogen) atoms. The molecule has 1 heterocycles. The summed E-state index contributed by atoms with van der Waals surface area (Å²) in [6, 6.07) is 8.14. The lowest BCUT2D eigenvalue weighted by atomic mass is 10.2. The number of aryl methyl sites for hydroxylation is 1. The first kappa shape index (κ1) is 21.5. The smallest absolute Gasteiger partial charge is 0.339 e. The number of amides is 3. The van der Waals surface area contributed by atoms with Crippen molar-refractivity contribution in [1.82, 2.24) is 15.8 Å². The number of nitrogens with one attached hydrogen (secondary N) is 2. The Bertz CT molecular complexity index is 821. The molecule has 1 aromatic carbocycles. The van der Waals surface area contributed by atoms with Gasteiger partial charge in [0.2, 0.25) is 0 Å². The van der Waals surface area contributed by atoms with Gasteiger partial charge in [-0.2, -0.15) is 0 Å². The maximum atomic E-state index is 12.3. The zero-order valence-electron chi connectivity index (χ0n) is 15.8. The van der Waals surface area contributed by atoms with Gasteiger partial charge < -0.3 is 14.6 Å². The lowest BCUT2D eigenvalue weighted by molar-refractivity contribution is -0.123. The summed E-state index contributed by atoms with van der Waals surface area (Å²) in [6.07, 6.45) is 1.75. The number of nitrogens with zero attached hydrogens (tertiary/aromatic N) is 1. The summed E-state index contributed by atoms with van der Waals surface area (Å²) >= 11 is 1.41. The fourth-order valence-electron chi connectivity index (χ4n) is 2.19. The second-order valence-electron chi connectivity index (χ2n) is 5.95. The van der Waals surface area contributed by atoms with Crippen molar-refractivity contribution in [2.24, 2.45) is 0 Å². The van der Waals surface area contributed by atoms with Crippen LogP contribution in [-0.2, 0) is 15.3 Å². The van der Waals surface area contributed by atoms with Crippen LogP contribution in [0.3, 0.4) is 0 Å². The molecular formula is C19H23N3O5S. The van der Waals surface area contributed by atoms with Gasteiger partial charge in [0.1, 0.15) is 5.76 Å². The molecule has 0 spiro atoms. The summed E-state index contributed by atoms with van der Waals surface area (Å²) < 4.78 is 10.1. The maximum absolute atomic E-state index is 12.3. The van der Waals surface area contributed by atoms with Crippen molar-refractivity contribution in [2.45, 2.75) is 37.3 Å². The minimum absolute atomic E-state index is 0.341. The highest BCUT2D eigenvalue weighted by Gasteiger charge is 2.16. The molecule has 3 amide bonds. The fraction of sp³-hybridized carbons (Fsp3) is 0.368. The zero-order valence-corrected chi connectivity index (χ0v) is 16.6. The van der Waals surface area contributed by atoms with Gasteiger partial charge in [0.15, 0.2) is 6.61 Å². The van der Waals surface area contributed by atoms with E-state index in [0.29, 0.717) is 28.5 Å². The molecule has 2 rings (SSSR count). The van der Waals surface area contributed by atoms with E-state index >= 15 is 0 Å². The van der Waals surface area contributed by atoms with Crippen LogP contribution in [0.5, 0.6) is 0 Å². The lowest BCUT2D eigenvalue weighted by Gasteiger charge is -2.09. The van der Waals surface area contributed by atoms with Crippen LogP contribution in [0.2, 0.25) is 0 Å². The number of hydrogen-bond donors (Lipinski definition) is 2. The summed E-state index contributed by atoms with van der Waals surface area (Å²) in [4.78, 5) is 36.3. The SMILES string of the molecule is CCCCNC(=O)NC(=O)COC(=O)c1ccccc1SCc1cc(C)on1. The summed E-state index contributed by atoms with van der Waals surface area (Å²) in [6.45, 7) is 3.74. The maximum Gasteiger partial charge on any atom is 0.339 e. The van der Waals surface area contributed by atoms with Crippen LogP contribution >= 0.6 is 11.8 Å². The number of ether oxygens (including phenoxy) is 1. The Hall–Kier alpha value is -2.81. The number of urea groups is 1. The fourth-order valence-corrected chi connectivity index (χ4v) is 3.11. The van der Waals surface area contributed by atoms with Gasteiger partial charge >= 0.3 is 12.0 Å². The largest absolute Gasteiger partial charge is 0.452 e. The van der Waals surface area contributed by atoms with Crippen LogP contribution in [0.1, 0.15) is 41.6 Å². The average Bonchev–Trinajstić information content (AvgIpc) is 3.10. The highest BCUT2D eigenvalue weighted by atomic mass is 32.2. The number of carbonyl (C=O) groups is 3. The van der Waals surface area contributed by atoms with Gasteiger partial charge in [-0.3, -0.25) is 10.1 Å². The quantitative estimate of drug-likeness (QED) is 0.375. The van der Waals surface area contributed by atoms with E-state index in [2.05, 4.69) is 15.8 Å². The van der Waals surface area contributed by atoms with Gasteiger partial charge in [-0.1, -0.05) is 30.6 Å². The third-order valence-corrected chi connectivity index (χ3v) is 4.67. The molecule has 0 bridgehead atoms. The topological polar surface area (TPSA) is 111 Å². The van der Waals surface area contributed by atoms with Crippen molar-refractivity contribution in [3.8, 4) is 0 Å². The molecule has 0 radical (unpaired) electrons. The number of rotatable bonds is 9. The van der Waals surface area contributed by atoms with Gasteiger partial charge in [0.05, 0.1) is 11.3 Å². The first-order valence-electron chi connectivity index (χ1n) is 8.88. The van der Waals surface area contributed by atoms with E-state index < -0.39 is 24.5 Å². The number of carbonyl (C=O) groups excluding carboxylic acids is 3. The summed E-state index contributed by atoms with van der Waals surface area (Å²) in [7, 11) is 0. The molecule has 9 heteroatoms. The van der Waals surface area contributed by atoms with Gasteiger partial charge in [-0.25, -0.2) is 9.59 Å². The van der Waals surface area contributed by atoms with Crippen LogP contribution < -0.4 is 10.6 Å². The normalized spacial score (nSPS) is 10.4. The van der Waals surface area contributed by atoms with Gasteiger partial charge in [0.25, 0.3) is 5.91 Å². The number of unbranched alkanes of at least 4 members (excludes halogenated alkanes) is 1. The van der Waals surface area contributed by atoms with Crippen molar-refractivity contribution in [2.75, 3.05) is 13.2 Å². The van der Waals surface area contributed by atoms with E-state index in [1.54, 1.807) is 24.3 Å². The molecule has 0 aliphatic carbocycles. The van der Waals surface area contributed by atoms with Crippen LogP contribution in [-0.4, -0.2) is 36.2 Å². The van der Waals surface area contributed by atoms with Crippen LogP contribution in [0.25, 0.3) is 0 Å². The zero-order chi connectivity index (χ0) is 20.4. The number of imide groups is 1. The monoisotopic (exact) mass is 405 g/mol. The van der Waals surface area contributed by atoms with Crippen molar-refractivity contribution in [3.63, 3.8) is 0 Å². The number of thioether (sulfide) groups is 1. The Labute approximate surface area is 167 Å². The third kappa shape index (κ3) is 7.07. The van der Waals surface area contributed by atoms with E-state index in [1.807, 2.05) is 19.9 Å². The standard InChI is InChI=1S/C19H23N3O5S/c1-3-4-9-20-19(25)21-17(23)11-26-18(24)15-7-5-6-8-16(15)28-12-14-10-13(2)27-22-14/h5-8,10H,3-4,9,11-12H2,1-2H3,(H2,20,21,23,25). The predicted octanol–water partition coefficient (Wildman–Crippen LogP) is 3.06. The molecule has 0 atom stereocenters. The molecule has 8 nitrogen and oxygen atoms in total. The number of hydrogen-bond acceptors (Lipinski definition) is 7. The predicted molar refractivity (Wildman–Crippen MR) is 104 cm³/mol. The van der Waals surface area contributed by atoms with E-state index in [4.69, 9.17) is 9.26 Å². The second kappa shape index (κ2) is 11.1. The summed E-state index contributed by atoms with van der Waals surface area (Å²) in [5.41, 5.74) is 1.10. The molecule has 0 aliphatic rings. The molecule has 150 valence electrons. The molecule has 0 unspecified atom stereocenters. The van der Waals surface area contributed by atoms with Gasteiger partial charge in [0, 0.05) is 23.3 Å². The molecule has 1 aromatic heterocycles. The minimum atomic E-state index is -0.689. The minimum Gasteiger partial charge on any atom is -0.452 e. The first-order chi connectivity index (χ1) is 13.5. The number of benzene rings is 1. The molecule has 0 aliphatic heterocycles. The Kier molecular flexibility index (Phi) is 8.54. The Morgan fingerprint density at radius 1 is 1.25 bits per heavy atom. The van der Waals surface area contributed by atoms with Crippen LogP contribution in [0, 0.1) is 6.92 Å². The summed E-state index contributed by atoms with van der Waals surface area (Å²) in [5, 5.41) is 8.58. The number of esters is 1. The van der Waals surface area contributed by atoms with E-state index in [0.717, 1.165) is 18.5 Å². The second-order valence-corrected chi connectivity index (χ2v) is 6.96. The molecule has 2 aromatic rings. The number of aromatic nitrogens is 1. The third-order valence-electron chi connectivity index (χ3n) is 3.56. The highest BCUT2D eigenvalue weighted by molar-refractivity contribution is 7.98. The molecule has 0 saturated carbocycles.